The van der Waals surface area contributed by atoms with Crippen LogP contribution in [0.4, 0.5) is 0 Å². The molecule has 2 aromatic rings. The zero-order chi connectivity index (χ0) is 15.1. The van der Waals surface area contributed by atoms with Gasteiger partial charge >= 0.3 is 0 Å². The third kappa shape index (κ3) is 5.23. The number of nitrogens with one attached hydrogen (secondary N) is 1. The minimum atomic E-state index is 0.506. The molecule has 0 saturated carbocycles. The SMILES string of the molecule is CCNCc1cccc(CN(Cc2cccs2)C(C)C)n1. The quantitative estimate of drug-likeness (QED) is 0.806. The third-order valence-electron chi connectivity index (χ3n) is 3.45. The summed E-state index contributed by atoms with van der Waals surface area (Å²) in [4.78, 5) is 8.63. The summed E-state index contributed by atoms with van der Waals surface area (Å²) in [5.41, 5.74) is 2.27. The lowest BCUT2D eigenvalue weighted by atomic mass is 10.2. The van der Waals surface area contributed by atoms with Crippen molar-refractivity contribution in [2.75, 3.05) is 6.54 Å². The van der Waals surface area contributed by atoms with Gasteiger partial charge in [-0.1, -0.05) is 19.1 Å². The molecule has 4 heteroatoms. The highest BCUT2D eigenvalue weighted by molar-refractivity contribution is 7.09. The summed E-state index contributed by atoms with van der Waals surface area (Å²) in [7, 11) is 0. The van der Waals surface area contributed by atoms with Crippen LogP contribution in [0.15, 0.2) is 35.7 Å². The number of hydrogen-bond acceptors (Lipinski definition) is 4. The van der Waals surface area contributed by atoms with Gasteiger partial charge in [0.05, 0.1) is 11.4 Å². The average molecular weight is 303 g/mol. The van der Waals surface area contributed by atoms with Crippen molar-refractivity contribution in [3.05, 3.63) is 52.0 Å². The number of rotatable bonds is 8. The van der Waals surface area contributed by atoms with Gasteiger partial charge in [-0.2, -0.15) is 0 Å². The van der Waals surface area contributed by atoms with E-state index in [9.17, 15) is 0 Å². The lowest BCUT2D eigenvalue weighted by Gasteiger charge is -2.25. The molecule has 0 aliphatic carbocycles. The summed E-state index contributed by atoms with van der Waals surface area (Å²) in [6, 6.07) is 11.2. The zero-order valence-corrected chi connectivity index (χ0v) is 14.0. The number of aromatic nitrogens is 1. The Morgan fingerprint density at radius 3 is 2.62 bits per heavy atom. The van der Waals surface area contributed by atoms with Crippen LogP contribution < -0.4 is 5.32 Å². The highest BCUT2D eigenvalue weighted by Gasteiger charge is 2.12. The average Bonchev–Trinajstić information content (AvgIpc) is 2.98. The van der Waals surface area contributed by atoms with Crippen LogP contribution in [0, 0.1) is 0 Å². The molecule has 21 heavy (non-hydrogen) atoms. The molecule has 0 spiro atoms. The Morgan fingerprint density at radius 2 is 1.95 bits per heavy atom. The standard InChI is InChI=1S/C17H25N3S/c1-4-18-11-15-7-5-8-16(19-15)12-20(14(2)3)13-17-9-6-10-21-17/h5-10,14,18H,4,11-13H2,1-3H3. The van der Waals surface area contributed by atoms with E-state index < -0.39 is 0 Å². The van der Waals surface area contributed by atoms with E-state index in [1.807, 2.05) is 11.3 Å². The van der Waals surface area contributed by atoms with Gasteiger partial charge in [-0.25, -0.2) is 0 Å². The number of thiophene rings is 1. The predicted molar refractivity (Wildman–Crippen MR) is 90.3 cm³/mol. The van der Waals surface area contributed by atoms with Gasteiger partial charge in [-0.15, -0.1) is 11.3 Å². The molecule has 3 nitrogen and oxygen atoms in total. The molecule has 2 aromatic heterocycles. The van der Waals surface area contributed by atoms with Crippen LogP contribution in [0.2, 0.25) is 0 Å². The van der Waals surface area contributed by atoms with E-state index >= 15 is 0 Å². The second-order valence-corrected chi connectivity index (χ2v) is 6.51. The van der Waals surface area contributed by atoms with Gasteiger partial charge < -0.3 is 5.32 Å². The first-order chi connectivity index (χ1) is 10.2. The van der Waals surface area contributed by atoms with Crippen LogP contribution in [0.1, 0.15) is 37.0 Å². The molecule has 1 N–H and O–H groups in total. The van der Waals surface area contributed by atoms with E-state index in [4.69, 9.17) is 4.98 Å². The Bertz CT molecular complexity index is 523. The minimum absolute atomic E-state index is 0.506. The predicted octanol–water partition coefficient (Wildman–Crippen LogP) is 3.66. The molecule has 0 aromatic carbocycles. The zero-order valence-electron chi connectivity index (χ0n) is 13.2. The van der Waals surface area contributed by atoms with Crippen LogP contribution in [-0.4, -0.2) is 22.5 Å². The Morgan fingerprint density at radius 1 is 1.14 bits per heavy atom. The van der Waals surface area contributed by atoms with Crippen LogP contribution in [0.25, 0.3) is 0 Å². The van der Waals surface area contributed by atoms with E-state index in [1.165, 1.54) is 4.88 Å². The lowest BCUT2D eigenvalue weighted by molar-refractivity contribution is 0.203. The van der Waals surface area contributed by atoms with Crippen LogP contribution in [0.5, 0.6) is 0 Å². The molecule has 0 fully saturated rings. The van der Waals surface area contributed by atoms with Gasteiger partial charge in [-0.3, -0.25) is 9.88 Å². The molecule has 0 bridgehead atoms. The highest BCUT2D eigenvalue weighted by Crippen LogP contribution is 2.16. The second kappa shape index (κ2) is 8.27. The van der Waals surface area contributed by atoms with E-state index in [2.05, 4.69) is 66.7 Å². The molecule has 0 radical (unpaired) electrons. The third-order valence-corrected chi connectivity index (χ3v) is 4.32. The number of pyridine rings is 1. The largest absolute Gasteiger partial charge is 0.311 e. The molecule has 114 valence electrons. The van der Waals surface area contributed by atoms with Crippen molar-refractivity contribution in [1.29, 1.82) is 0 Å². The van der Waals surface area contributed by atoms with Gasteiger partial charge in [-0.05, 0) is 44.0 Å². The summed E-state index contributed by atoms with van der Waals surface area (Å²) in [5.74, 6) is 0. The van der Waals surface area contributed by atoms with E-state index in [0.29, 0.717) is 6.04 Å². The van der Waals surface area contributed by atoms with Crippen molar-refractivity contribution in [3.8, 4) is 0 Å². The van der Waals surface area contributed by atoms with Gasteiger partial charge in [0.1, 0.15) is 0 Å². The Labute approximate surface area is 132 Å². The molecule has 2 rings (SSSR count). The molecular weight excluding hydrogens is 278 g/mol. The van der Waals surface area contributed by atoms with Gasteiger partial charge in [0.15, 0.2) is 0 Å². The first-order valence-corrected chi connectivity index (χ1v) is 8.49. The monoisotopic (exact) mass is 303 g/mol. The molecule has 2 heterocycles. The molecule has 0 amide bonds. The Kier molecular flexibility index (Phi) is 6.36. The summed E-state index contributed by atoms with van der Waals surface area (Å²) in [6.07, 6.45) is 0. The first-order valence-electron chi connectivity index (χ1n) is 7.61. The Hall–Kier alpha value is -1.23. The molecule has 0 aliphatic rings. The van der Waals surface area contributed by atoms with E-state index in [1.54, 1.807) is 0 Å². The van der Waals surface area contributed by atoms with Crippen LogP contribution in [0.3, 0.4) is 0 Å². The molecular formula is C17H25N3S. The van der Waals surface area contributed by atoms with Gasteiger partial charge in [0, 0.05) is 30.6 Å². The topological polar surface area (TPSA) is 28.2 Å². The maximum atomic E-state index is 4.76. The summed E-state index contributed by atoms with van der Waals surface area (Å²) in [6.45, 7) is 10.3. The molecule has 0 saturated heterocycles. The molecule has 0 aliphatic heterocycles. The van der Waals surface area contributed by atoms with Crippen molar-refractivity contribution in [2.45, 2.75) is 46.4 Å². The fraction of sp³-hybridized carbons (Fsp3) is 0.471. The van der Waals surface area contributed by atoms with Crippen molar-refractivity contribution in [1.82, 2.24) is 15.2 Å². The normalized spacial score (nSPS) is 11.5. The van der Waals surface area contributed by atoms with Crippen molar-refractivity contribution >= 4 is 11.3 Å². The summed E-state index contributed by atoms with van der Waals surface area (Å²) < 4.78 is 0. The maximum absolute atomic E-state index is 4.76. The smallest absolute Gasteiger partial charge is 0.0548 e. The maximum Gasteiger partial charge on any atom is 0.0548 e. The molecule has 0 unspecified atom stereocenters. The van der Waals surface area contributed by atoms with Gasteiger partial charge in [0.2, 0.25) is 0 Å². The lowest BCUT2D eigenvalue weighted by Crippen LogP contribution is -2.30. The van der Waals surface area contributed by atoms with Crippen LogP contribution in [-0.2, 0) is 19.6 Å². The highest BCUT2D eigenvalue weighted by atomic mass is 32.1. The van der Waals surface area contributed by atoms with E-state index in [-0.39, 0.29) is 0 Å². The van der Waals surface area contributed by atoms with E-state index in [0.717, 1.165) is 37.6 Å². The second-order valence-electron chi connectivity index (χ2n) is 5.48. The van der Waals surface area contributed by atoms with Crippen molar-refractivity contribution < 1.29 is 0 Å². The number of hydrogen-bond donors (Lipinski definition) is 1. The first kappa shape index (κ1) is 16.1. The number of nitrogens with zero attached hydrogens (tertiary/aromatic N) is 2. The van der Waals surface area contributed by atoms with Gasteiger partial charge in [0.25, 0.3) is 0 Å². The summed E-state index contributed by atoms with van der Waals surface area (Å²) in [5, 5.41) is 5.47. The van der Waals surface area contributed by atoms with Crippen molar-refractivity contribution in [3.63, 3.8) is 0 Å². The fourth-order valence-corrected chi connectivity index (χ4v) is 2.93. The van der Waals surface area contributed by atoms with Crippen molar-refractivity contribution in [2.24, 2.45) is 0 Å². The fourth-order valence-electron chi connectivity index (χ4n) is 2.20. The summed E-state index contributed by atoms with van der Waals surface area (Å²) >= 11 is 1.82. The Balaban J connectivity index is 2.02. The minimum Gasteiger partial charge on any atom is -0.311 e. The van der Waals surface area contributed by atoms with Crippen LogP contribution >= 0.6 is 11.3 Å². The molecule has 0 atom stereocenters.